The molecule has 1 fully saturated rings. The lowest BCUT2D eigenvalue weighted by Gasteiger charge is -2.31. The molecular weight excluding hydrogens is 282 g/mol. The number of aromatic nitrogens is 4. The molecule has 0 amide bonds. The number of fused-ring (bicyclic) bond motifs is 1. The minimum absolute atomic E-state index is 0.0815. The van der Waals surface area contributed by atoms with Gasteiger partial charge in [-0.1, -0.05) is 5.16 Å². The first-order valence-electron chi connectivity index (χ1n) is 7.70. The fraction of sp³-hybridized carbons (Fsp3) is 0.600. The maximum atomic E-state index is 5.46. The summed E-state index contributed by atoms with van der Waals surface area (Å²) in [5.74, 6) is 2.73. The highest BCUT2D eigenvalue weighted by Gasteiger charge is 2.32. The van der Waals surface area contributed by atoms with E-state index in [-0.39, 0.29) is 6.04 Å². The van der Waals surface area contributed by atoms with Crippen LogP contribution in [0.1, 0.15) is 54.7 Å². The second-order valence-corrected chi connectivity index (χ2v) is 5.97. The molecule has 7 heteroatoms. The molecule has 0 bridgehead atoms. The van der Waals surface area contributed by atoms with Crippen molar-refractivity contribution in [3.05, 3.63) is 29.3 Å². The molecular formula is C15H19N5O2. The van der Waals surface area contributed by atoms with E-state index >= 15 is 0 Å². The summed E-state index contributed by atoms with van der Waals surface area (Å²) < 4.78 is 10.8. The molecule has 116 valence electrons. The Kier molecular flexibility index (Phi) is 3.29. The van der Waals surface area contributed by atoms with Gasteiger partial charge in [0.25, 0.3) is 0 Å². The highest BCUT2D eigenvalue weighted by atomic mass is 16.5. The molecule has 0 radical (unpaired) electrons. The van der Waals surface area contributed by atoms with Crippen LogP contribution in [0.4, 0.5) is 0 Å². The van der Waals surface area contributed by atoms with Crippen LogP contribution >= 0.6 is 0 Å². The summed E-state index contributed by atoms with van der Waals surface area (Å²) >= 11 is 0. The van der Waals surface area contributed by atoms with E-state index in [1.165, 1.54) is 12.8 Å². The molecule has 22 heavy (non-hydrogen) atoms. The lowest BCUT2D eigenvalue weighted by Crippen LogP contribution is -2.34. The molecule has 0 spiro atoms. The van der Waals surface area contributed by atoms with Gasteiger partial charge in [0.15, 0.2) is 5.82 Å². The molecule has 2 aromatic rings. The number of methoxy groups -OCH3 is 1. The van der Waals surface area contributed by atoms with Crippen molar-refractivity contribution in [2.24, 2.45) is 0 Å². The second kappa shape index (κ2) is 5.31. The molecule has 4 rings (SSSR count). The number of nitrogens with zero attached hydrogens (tertiary/aromatic N) is 5. The van der Waals surface area contributed by atoms with E-state index in [1.807, 2.05) is 0 Å². The van der Waals surface area contributed by atoms with Gasteiger partial charge >= 0.3 is 0 Å². The van der Waals surface area contributed by atoms with Gasteiger partial charge in [-0.2, -0.15) is 4.98 Å². The molecule has 0 N–H and O–H groups in total. The van der Waals surface area contributed by atoms with Crippen molar-refractivity contribution in [2.45, 2.75) is 44.7 Å². The lowest BCUT2D eigenvalue weighted by molar-refractivity contribution is 0.154. The van der Waals surface area contributed by atoms with Gasteiger partial charge in [-0.3, -0.25) is 4.90 Å². The SMILES string of the molecule is COc1ncnc2c1CN(C(C)c1nc(C3CC3)no1)CC2. The van der Waals surface area contributed by atoms with Gasteiger partial charge in [0.2, 0.25) is 11.8 Å². The van der Waals surface area contributed by atoms with Crippen LogP contribution in [0.2, 0.25) is 0 Å². The van der Waals surface area contributed by atoms with Gasteiger partial charge in [0, 0.05) is 31.0 Å². The number of hydrogen-bond acceptors (Lipinski definition) is 7. The Morgan fingerprint density at radius 3 is 3.00 bits per heavy atom. The van der Waals surface area contributed by atoms with Gasteiger partial charge in [-0.25, -0.2) is 9.97 Å². The summed E-state index contributed by atoms with van der Waals surface area (Å²) in [7, 11) is 1.64. The van der Waals surface area contributed by atoms with Gasteiger partial charge in [-0.15, -0.1) is 0 Å². The van der Waals surface area contributed by atoms with E-state index in [0.29, 0.717) is 17.7 Å². The van der Waals surface area contributed by atoms with Crippen LogP contribution in [0.3, 0.4) is 0 Å². The molecule has 0 aromatic carbocycles. The van der Waals surface area contributed by atoms with Gasteiger partial charge < -0.3 is 9.26 Å². The van der Waals surface area contributed by atoms with Gasteiger partial charge in [0.05, 0.1) is 18.8 Å². The van der Waals surface area contributed by atoms with Crippen LogP contribution in [0.5, 0.6) is 5.88 Å². The summed E-state index contributed by atoms with van der Waals surface area (Å²) in [6, 6.07) is 0.0815. The summed E-state index contributed by atoms with van der Waals surface area (Å²) in [6.07, 6.45) is 4.80. The molecule has 1 unspecified atom stereocenters. The summed E-state index contributed by atoms with van der Waals surface area (Å²) in [5, 5.41) is 4.11. The summed E-state index contributed by atoms with van der Waals surface area (Å²) in [5.41, 5.74) is 2.13. The average molecular weight is 301 g/mol. The first-order chi connectivity index (χ1) is 10.8. The Balaban J connectivity index is 1.55. The van der Waals surface area contributed by atoms with Crippen LogP contribution in [-0.4, -0.2) is 38.7 Å². The van der Waals surface area contributed by atoms with Gasteiger partial charge in [-0.05, 0) is 19.8 Å². The van der Waals surface area contributed by atoms with E-state index in [9.17, 15) is 0 Å². The highest BCUT2D eigenvalue weighted by Crippen LogP contribution is 2.39. The zero-order valence-electron chi connectivity index (χ0n) is 12.8. The molecule has 7 nitrogen and oxygen atoms in total. The number of ether oxygens (including phenoxy) is 1. The van der Waals surface area contributed by atoms with Gasteiger partial charge in [0.1, 0.15) is 6.33 Å². The Hall–Kier alpha value is -2.02. The molecule has 2 aromatic heterocycles. The Morgan fingerprint density at radius 1 is 1.36 bits per heavy atom. The van der Waals surface area contributed by atoms with Crippen LogP contribution in [0.15, 0.2) is 10.9 Å². The fourth-order valence-electron chi connectivity index (χ4n) is 2.92. The normalized spacial score (nSPS) is 19.7. The minimum atomic E-state index is 0.0815. The van der Waals surface area contributed by atoms with Crippen molar-refractivity contribution in [2.75, 3.05) is 13.7 Å². The van der Waals surface area contributed by atoms with Crippen LogP contribution in [0.25, 0.3) is 0 Å². The number of hydrogen-bond donors (Lipinski definition) is 0. The third kappa shape index (κ3) is 2.35. The molecule has 1 aliphatic heterocycles. The lowest BCUT2D eigenvalue weighted by atomic mass is 10.0. The quantitative estimate of drug-likeness (QED) is 0.853. The van der Waals surface area contributed by atoms with Crippen molar-refractivity contribution in [3.63, 3.8) is 0 Å². The largest absolute Gasteiger partial charge is 0.481 e. The predicted molar refractivity (Wildman–Crippen MR) is 77.4 cm³/mol. The van der Waals surface area contributed by atoms with Crippen molar-refractivity contribution in [1.82, 2.24) is 25.0 Å². The van der Waals surface area contributed by atoms with Crippen molar-refractivity contribution >= 4 is 0 Å². The Morgan fingerprint density at radius 2 is 2.23 bits per heavy atom. The average Bonchev–Trinajstić information content (AvgIpc) is 3.30. The first-order valence-corrected chi connectivity index (χ1v) is 7.70. The monoisotopic (exact) mass is 301 g/mol. The minimum Gasteiger partial charge on any atom is -0.481 e. The topological polar surface area (TPSA) is 77.2 Å². The van der Waals surface area contributed by atoms with Crippen LogP contribution in [0, 0.1) is 0 Å². The summed E-state index contributed by atoms with van der Waals surface area (Å²) in [4.78, 5) is 15.4. The second-order valence-electron chi connectivity index (χ2n) is 5.97. The predicted octanol–water partition coefficient (Wildman–Crippen LogP) is 1.86. The molecule has 1 aliphatic carbocycles. The van der Waals surface area contributed by atoms with E-state index in [4.69, 9.17) is 9.26 Å². The molecule has 1 saturated carbocycles. The summed E-state index contributed by atoms with van der Waals surface area (Å²) in [6.45, 7) is 3.75. The molecule has 0 saturated heterocycles. The standard InChI is InChI=1S/C15H19N5O2/c1-9(14-18-13(19-22-14)10-3-4-10)20-6-5-12-11(7-20)15(21-2)17-8-16-12/h8-10H,3-7H2,1-2H3. The molecule has 3 heterocycles. The van der Waals surface area contributed by atoms with Crippen molar-refractivity contribution in [1.29, 1.82) is 0 Å². The smallest absolute Gasteiger partial charge is 0.243 e. The third-order valence-corrected chi connectivity index (χ3v) is 4.49. The van der Waals surface area contributed by atoms with Crippen molar-refractivity contribution < 1.29 is 9.26 Å². The van der Waals surface area contributed by atoms with E-state index in [1.54, 1.807) is 13.4 Å². The Bertz CT molecular complexity index is 668. The van der Waals surface area contributed by atoms with Crippen molar-refractivity contribution in [3.8, 4) is 5.88 Å². The van der Waals surface area contributed by atoms with Crippen LogP contribution in [-0.2, 0) is 13.0 Å². The Labute approximate surface area is 128 Å². The zero-order valence-corrected chi connectivity index (χ0v) is 12.8. The zero-order chi connectivity index (χ0) is 15.1. The maximum absolute atomic E-state index is 5.46. The fourth-order valence-corrected chi connectivity index (χ4v) is 2.92. The van der Waals surface area contributed by atoms with E-state index in [2.05, 4.69) is 31.9 Å². The van der Waals surface area contributed by atoms with E-state index in [0.717, 1.165) is 36.6 Å². The molecule has 2 aliphatic rings. The molecule has 1 atom stereocenters. The maximum Gasteiger partial charge on any atom is 0.243 e. The highest BCUT2D eigenvalue weighted by molar-refractivity contribution is 5.31. The third-order valence-electron chi connectivity index (χ3n) is 4.49. The number of rotatable bonds is 4. The van der Waals surface area contributed by atoms with E-state index < -0.39 is 0 Å². The first kappa shape index (κ1) is 13.6. The van der Waals surface area contributed by atoms with Crippen LogP contribution < -0.4 is 4.74 Å².